The average Bonchev–Trinajstić information content (AvgIpc) is 2.98. The maximum absolute atomic E-state index is 4.56. The molecule has 0 amide bonds. The summed E-state index contributed by atoms with van der Waals surface area (Å²) in [5.41, 5.74) is 8.67. The van der Waals surface area contributed by atoms with Crippen molar-refractivity contribution in [1.82, 2.24) is 21.6 Å². The van der Waals surface area contributed by atoms with Crippen LogP contribution in [0.1, 0.15) is 33.5 Å². The first kappa shape index (κ1) is 10.6. The zero-order valence-electron chi connectivity index (χ0n) is 9.82. The second kappa shape index (κ2) is 4.75. The lowest BCUT2D eigenvalue weighted by Crippen LogP contribution is -2.53. The fourth-order valence-corrected chi connectivity index (χ4v) is 2.50. The van der Waals surface area contributed by atoms with Gasteiger partial charge in [-0.1, -0.05) is 25.7 Å². The fraction of sp³-hybridized carbons (Fsp3) is 0.636. The van der Waals surface area contributed by atoms with E-state index < -0.39 is 0 Å². The molecule has 2 aliphatic heterocycles. The summed E-state index contributed by atoms with van der Waals surface area (Å²) in [6, 6.07) is 0. The Morgan fingerprint density at radius 2 is 2.29 bits per heavy atom. The van der Waals surface area contributed by atoms with Gasteiger partial charge in [-0.15, -0.1) is 10.6 Å². The van der Waals surface area contributed by atoms with E-state index in [0.29, 0.717) is 0 Å². The SMILES string of the molecule is C1=CC2=NNNN2NC1=NCCC1CCCC1.[HH]. The van der Waals surface area contributed by atoms with Crippen molar-refractivity contribution in [3.05, 3.63) is 12.2 Å². The minimum atomic E-state index is 0. The first-order valence-corrected chi connectivity index (χ1v) is 6.29. The number of hydrogen-bond acceptors (Lipinski definition) is 5. The van der Waals surface area contributed by atoms with Gasteiger partial charge in [0.15, 0.2) is 5.84 Å². The third kappa shape index (κ3) is 2.41. The third-order valence-electron chi connectivity index (χ3n) is 3.47. The highest BCUT2D eigenvalue weighted by molar-refractivity contribution is 6.06. The van der Waals surface area contributed by atoms with Gasteiger partial charge in [0, 0.05) is 7.97 Å². The molecule has 0 saturated heterocycles. The first-order chi connectivity index (χ1) is 8.42. The Morgan fingerprint density at radius 1 is 1.41 bits per heavy atom. The maximum Gasteiger partial charge on any atom is 0.187 e. The molecule has 3 N–H and O–H groups in total. The molecule has 0 bridgehead atoms. The highest BCUT2D eigenvalue weighted by Gasteiger charge is 2.19. The van der Waals surface area contributed by atoms with Crippen molar-refractivity contribution in [1.29, 1.82) is 0 Å². The molecule has 0 spiro atoms. The molecule has 0 unspecified atom stereocenters. The minimum Gasteiger partial charge on any atom is -0.267 e. The quantitative estimate of drug-likeness (QED) is 0.682. The summed E-state index contributed by atoms with van der Waals surface area (Å²) in [6.45, 7) is 0.908. The van der Waals surface area contributed by atoms with Crippen LogP contribution in [0.3, 0.4) is 0 Å². The van der Waals surface area contributed by atoms with Crippen molar-refractivity contribution in [2.75, 3.05) is 6.54 Å². The molecule has 6 heteroatoms. The van der Waals surface area contributed by atoms with Crippen LogP contribution in [-0.2, 0) is 0 Å². The van der Waals surface area contributed by atoms with E-state index in [1.165, 1.54) is 32.1 Å². The summed E-state index contributed by atoms with van der Waals surface area (Å²) >= 11 is 0. The van der Waals surface area contributed by atoms with E-state index in [4.69, 9.17) is 0 Å². The van der Waals surface area contributed by atoms with Crippen LogP contribution in [0.25, 0.3) is 0 Å². The Labute approximate surface area is 102 Å². The predicted molar refractivity (Wildman–Crippen MR) is 68.8 cm³/mol. The second-order valence-corrected chi connectivity index (χ2v) is 4.68. The number of nitrogens with one attached hydrogen (secondary N) is 3. The van der Waals surface area contributed by atoms with Crippen LogP contribution in [-0.4, -0.2) is 23.3 Å². The molecule has 1 fully saturated rings. The molecule has 3 rings (SSSR count). The third-order valence-corrected chi connectivity index (χ3v) is 3.47. The monoisotopic (exact) mass is 236 g/mol. The highest BCUT2D eigenvalue weighted by Crippen LogP contribution is 2.27. The van der Waals surface area contributed by atoms with E-state index in [0.717, 1.165) is 24.1 Å². The average molecular weight is 236 g/mol. The van der Waals surface area contributed by atoms with Crippen molar-refractivity contribution in [3.8, 4) is 0 Å². The number of rotatable bonds is 3. The van der Waals surface area contributed by atoms with Crippen LogP contribution < -0.4 is 16.5 Å². The Bertz CT molecular complexity index is 372. The van der Waals surface area contributed by atoms with Gasteiger partial charge < -0.3 is 0 Å². The molecule has 94 valence electrons. The summed E-state index contributed by atoms with van der Waals surface area (Å²) in [4.78, 5) is 4.56. The molecule has 1 aliphatic carbocycles. The normalized spacial score (nSPS) is 25.8. The molecule has 3 aliphatic rings. The fourth-order valence-electron chi connectivity index (χ4n) is 2.50. The lowest BCUT2D eigenvalue weighted by atomic mass is 10.0. The van der Waals surface area contributed by atoms with Gasteiger partial charge in [-0.3, -0.25) is 10.4 Å². The van der Waals surface area contributed by atoms with E-state index in [1.807, 2.05) is 12.2 Å². The summed E-state index contributed by atoms with van der Waals surface area (Å²) in [7, 11) is 0. The lowest BCUT2D eigenvalue weighted by Gasteiger charge is -2.22. The summed E-state index contributed by atoms with van der Waals surface area (Å²) in [6.07, 6.45) is 10.7. The first-order valence-electron chi connectivity index (χ1n) is 6.29. The van der Waals surface area contributed by atoms with Crippen LogP contribution in [0.2, 0.25) is 0 Å². The van der Waals surface area contributed by atoms with Crippen LogP contribution in [0.5, 0.6) is 0 Å². The summed E-state index contributed by atoms with van der Waals surface area (Å²) in [5, 5.41) is 5.73. The zero-order valence-corrected chi connectivity index (χ0v) is 9.82. The van der Waals surface area contributed by atoms with Crippen LogP contribution in [0.4, 0.5) is 0 Å². The van der Waals surface area contributed by atoms with Gasteiger partial charge in [0.2, 0.25) is 0 Å². The molecule has 0 aromatic carbocycles. The molecule has 0 atom stereocenters. The molecule has 0 aromatic rings. The standard InChI is InChI=1S/C11H18N6.H2/c1-2-4-9(3-1)7-8-12-10-5-6-11-13-15-16-17(11)14-10;/h5-6,9,15-16H,1-4,7-8H2,(H,12,14);1H. The van der Waals surface area contributed by atoms with Gasteiger partial charge in [-0.2, -0.15) is 5.12 Å². The molecule has 0 radical (unpaired) electrons. The lowest BCUT2D eigenvalue weighted by molar-refractivity contribution is 0.259. The highest BCUT2D eigenvalue weighted by atomic mass is 15.9. The van der Waals surface area contributed by atoms with Crippen molar-refractivity contribution >= 4 is 11.7 Å². The Balaban J connectivity index is 0.00000120. The molecule has 0 aromatic heterocycles. The largest absolute Gasteiger partial charge is 0.267 e. The molecular formula is C11H20N6. The molecule has 17 heavy (non-hydrogen) atoms. The van der Waals surface area contributed by atoms with E-state index in [-0.39, 0.29) is 1.43 Å². The van der Waals surface area contributed by atoms with Crippen molar-refractivity contribution in [2.24, 2.45) is 16.0 Å². The number of aliphatic imine (C=N–C) groups is 1. The molecular weight excluding hydrogens is 216 g/mol. The van der Waals surface area contributed by atoms with Crippen LogP contribution in [0.15, 0.2) is 22.2 Å². The Kier molecular flexibility index (Phi) is 2.96. The molecule has 1 saturated carbocycles. The van der Waals surface area contributed by atoms with Gasteiger partial charge in [0.1, 0.15) is 5.84 Å². The smallest absolute Gasteiger partial charge is 0.187 e. The van der Waals surface area contributed by atoms with Crippen molar-refractivity contribution in [3.63, 3.8) is 0 Å². The second-order valence-electron chi connectivity index (χ2n) is 4.68. The van der Waals surface area contributed by atoms with Gasteiger partial charge >= 0.3 is 0 Å². The molecule has 2 heterocycles. The predicted octanol–water partition coefficient (Wildman–Crippen LogP) is 0.924. The van der Waals surface area contributed by atoms with Gasteiger partial charge in [-0.25, -0.2) is 5.53 Å². The number of nitrogens with zero attached hydrogens (tertiary/aromatic N) is 3. The van der Waals surface area contributed by atoms with Crippen molar-refractivity contribution < 1.29 is 1.43 Å². The maximum atomic E-state index is 4.56. The molecule has 6 nitrogen and oxygen atoms in total. The number of hydrogen-bond donors (Lipinski definition) is 3. The van der Waals surface area contributed by atoms with E-state index in [1.54, 1.807) is 5.12 Å². The van der Waals surface area contributed by atoms with Gasteiger partial charge in [0.05, 0.1) is 0 Å². The number of hydrazine groups is 3. The Hall–Kier alpha value is -1.56. The number of amidine groups is 2. The van der Waals surface area contributed by atoms with Gasteiger partial charge in [-0.05, 0) is 24.5 Å². The Morgan fingerprint density at radius 3 is 3.18 bits per heavy atom. The van der Waals surface area contributed by atoms with Crippen molar-refractivity contribution in [2.45, 2.75) is 32.1 Å². The zero-order chi connectivity index (χ0) is 11.5. The number of fused-ring (bicyclic) bond motifs is 1. The van der Waals surface area contributed by atoms with E-state index in [2.05, 4.69) is 26.6 Å². The van der Waals surface area contributed by atoms with Crippen LogP contribution in [0, 0.1) is 5.92 Å². The van der Waals surface area contributed by atoms with Gasteiger partial charge in [0.25, 0.3) is 0 Å². The minimum absolute atomic E-state index is 0. The summed E-state index contributed by atoms with van der Waals surface area (Å²) < 4.78 is 0. The summed E-state index contributed by atoms with van der Waals surface area (Å²) in [5.74, 6) is 2.61. The van der Waals surface area contributed by atoms with E-state index >= 15 is 0 Å². The topological polar surface area (TPSA) is 64.1 Å². The van der Waals surface area contributed by atoms with E-state index in [9.17, 15) is 0 Å². The number of hydrazone groups is 1. The van der Waals surface area contributed by atoms with Crippen LogP contribution >= 0.6 is 0 Å².